The normalized spacial score (nSPS) is 11.6. The molecule has 0 radical (unpaired) electrons. The van der Waals surface area contributed by atoms with E-state index in [4.69, 9.17) is 24.4 Å². The van der Waals surface area contributed by atoms with E-state index in [1.54, 1.807) is 0 Å². The summed E-state index contributed by atoms with van der Waals surface area (Å²) in [4.78, 5) is 20.9. The molecule has 0 bridgehead atoms. The maximum Gasteiger partial charge on any atom is 0.184 e. The monoisotopic (exact) mass is 717 g/mol. The summed E-state index contributed by atoms with van der Waals surface area (Å²) in [6.45, 7) is 0. The molecular formula is C50H31N5O. The van der Waals surface area contributed by atoms with E-state index in [1.165, 1.54) is 0 Å². The van der Waals surface area contributed by atoms with E-state index in [0.717, 1.165) is 82.9 Å². The highest BCUT2D eigenvalue weighted by Gasteiger charge is 2.23. The van der Waals surface area contributed by atoms with Crippen molar-refractivity contribution in [1.82, 2.24) is 24.5 Å². The molecule has 0 fully saturated rings. The van der Waals surface area contributed by atoms with Gasteiger partial charge in [0.15, 0.2) is 17.5 Å². The molecule has 0 aliphatic heterocycles. The fourth-order valence-corrected chi connectivity index (χ4v) is 7.89. The summed E-state index contributed by atoms with van der Waals surface area (Å²) in [6.07, 6.45) is 0. The Morgan fingerprint density at radius 2 is 0.946 bits per heavy atom. The fourth-order valence-electron chi connectivity index (χ4n) is 7.89. The minimum atomic E-state index is 0.481. The molecule has 262 valence electrons. The lowest BCUT2D eigenvalue weighted by Gasteiger charge is -2.15. The number of fused-ring (bicyclic) bond motifs is 7. The highest BCUT2D eigenvalue weighted by atomic mass is 16.3. The van der Waals surface area contributed by atoms with Crippen LogP contribution in [-0.4, -0.2) is 24.5 Å². The van der Waals surface area contributed by atoms with Crippen molar-refractivity contribution in [3.8, 4) is 62.4 Å². The molecule has 0 spiro atoms. The van der Waals surface area contributed by atoms with Gasteiger partial charge in [0, 0.05) is 38.2 Å². The SMILES string of the molecule is c1ccc(-c2cccc(-c3ccc(-n4c5ccccc5c5c6c(ccc54)oc4ccccc46)c(-c4nc(-c5ccccc5)nc(-c5ccccc5)n4)n3)c2)cc1. The molecule has 7 aromatic carbocycles. The summed E-state index contributed by atoms with van der Waals surface area (Å²) in [7, 11) is 0. The molecule has 4 heterocycles. The summed E-state index contributed by atoms with van der Waals surface area (Å²) in [5, 5.41) is 4.42. The van der Waals surface area contributed by atoms with Gasteiger partial charge in [-0.05, 0) is 53.6 Å². The molecule has 4 aromatic heterocycles. The number of aromatic nitrogens is 5. The molecule has 11 rings (SSSR count). The third-order valence-corrected chi connectivity index (χ3v) is 10.5. The van der Waals surface area contributed by atoms with Crippen molar-refractivity contribution in [3.05, 3.63) is 188 Å². The zero-order chi connectivity index (χ0) is 37.0. The Morgan fingerprint density at radius 1 is 0.357 bits per heavy atom. The van der Waals surface area contributed by atoms with Gasteiger partial charge in [-0.1, -0.05) is 146 Å². The van der Waals surface area contributed by atoms with Crippen molar-refractivity contribution >= 4 is 43.7 Å². The van der Waals surface area contributed by atoms with Crippen LogP contribution in [0.2, 0.25) is 0 Å². The van der Waals surface area contributed by atoms with Crippen LogP contribution < -0.4 is 0 Å². The highest BCUT2D eigenvalue weighted by Crippen LogP contribution is 2.42. The Balaban J connectivity index is 1.22. The molecule has 6 nitrogen and oxygen atoms in total. The van der Waals surface area contributed by atoms with E-state index >= 15 is 0 Å². The van der Waals surface area contributed by atoms with E-state index in [2.05, 4.69) is 114 Å². The van der Waals surface area contributed by atoms with Crippen molar-refractivity contribution < 1.29 is 4.42 Å². The second-order valence-corrected chi connectivity index (χ2v) is 13.8. The van der Waals surface area contributed by atoms with E-state index in [1.807, 2.05) is 78.9 Å². The molecule has 0 unspecified atom stereocenters. The van der Waals surface area contributed by atoms with E-state index in [9.17, 15) is 0 Å². The minimum absolute atomic E-state index is 0.481. The number of furan rings is 1. The van der Waals surface area contributed by atoms with Gasteiger partial charge >= 0.3 is 0 Å². The summed E-state index contributed by atoms with van der Waals surface area (Å²) < 4.78 is 8.68. The lowest BCUT2D eigenvalue weighted by molar-refractivity contribution is 0.669. The van der Waals surface area contributed by atoms with Crippen molar-refractivity contribution in [2.75, 3.05) is 0 Å². The van der Waals surface area contributed by atoms with Crippen LogP contribution >= 0.6 is 0 Å². The highest BCUT2D eigenvalue weighted by molar-refractivity contribution is 6.27. The Kier molecular flexibility index (Phi) is 7.38. The molecule has 0 saturated carbocycles. The van der Waals surface area contributed by atoms with E-state index in [-0.39, 0.29) is 0 Å². The van der Waals surface area contributed by atoms with Gasteiger partial charge in [-0.25, -0.2) is 19.9 Å². The van der Waals surface area contributed by atoms with E-state index < -0.39 is 0 Å². The summed E-state index contributed by atoms with van der Waals surface area (Å²) >= 11 is 0. The number of para-hydroxylation sites is 2. The lowest BCUT2D eigenvalue weighted by Crippen LogP contribution is -2.06. The van der Waals surface area contributed by atoms with Crippen LogP contribution in [0.1, 0.15) is 0 Å². The van der Waals surface area contributed by atoms with Crippen LogP contribution in [0.25, 0.3) is 106 Å². The number of hydrogen-bond acceptors (Lipinski definition) is 5. The van der Waals surface area contributed by atoms with Gasteiger partial charge in [0.25, 0.3) is 0 Å². The minimum Gasteiger partial charge on any atom is -0.456 e. The third kappa shape index (κ3) is 5.27. The predicted octanol–water partition coefficient (Wildman–Crippen LogP) is 12.6. The van der Waals surface area contributed by atoms with Gasteiger partial charge in [-0.2, -0.15) is 0 Å². The second-order valence-electron chi connectivity index (χ2n) is 13.8. The van der Waals surface area contributed by atoms with Gasteiger partial charge in [-0.15, -0.1) is 0 Å². The first kappa shape index (κ1) is 31.8. The number of hydrogen-bond donors (Lipinski definition) is 0. The Morgan fingerprint density at radius 3 is 1.68 bits per heavy atom. The topological polar surface area (TPSA) is 69.6 Å². The average molecular weight is 718 g/mol. The maximum absolute atomic E-state index is 6.39. The second kappa shape index (κ2) is 13.0. The fraction of sp³-hybridized carbons (Fsp3) is 0. The maximum atomic E-state index is 6.39. The number of rotatable bonds is 6. The van der Waals surface area contributed by atoms with Gasteiger partial charge in [0.1, 0.15) is 16.9 Å². The van der Waals surface area contributed by atoms with Gasteiger partial charge in [0.2, 0.25) is 0 Å². The third-order valence-electron chi connectivity index (χ3n) is 10.5. The van der Waals surface area contributed by atoms with Crippen LogP contribution in [0.4, 0.5) is 0 Å². The van der Waals surface area contributed by atoms with Crippen LogP contribution in [0.15, 0.2) is 192 Å². The molecule has 0 saturated heterocycles. The Hall–Kier alpha value is -7.70. The average Bonchev–Trinajstić information content (AvgIpc) is 3.83. The Bertz CT molecular complexity index is 3190. The molecular weight excluding hydrogens is 687 g/mol. The van der Waals surface area contributed by atoms with E-state index in [0.29, 0.717) is 23.2 Å². The van der Waals surface area contributed by atoms with Crippen molar-refractivity contribution in [3.63, 3.8) is 0 Å². The first-order valence-corrected chi connectivity index (χ1v) is 18.6. The van der Waals surface area contributed by atoms with Crippen LogP contribution in [-0.2, 0) is 0 Å². The molecule has 0 amide bonds. The largest absolute Gasteiger partial charge is 0.456 e. The number of benzene rings is 7. The van der Waals surface area contributed by atoms with Crippen molar-refractivity contribution in [1.29, 1.82) is 0 Å². The first-order valence-electron chi connectivity index (χ1n) is 18.6. The van der Waals surface area contributed by atoms with Crippen molar-refractivity contribution in [2.24, 2.45) is 0 Å². The standard InChI is InChI=1S/C50H31N5O/c1-4-15-32(16-5-1)35-21-14-22-36(31-35)39-27-28-42(47(51-39)50-53-48(33-17-6-2-7-18-33)52-49(54-50)34-19-8-3-9-20-34)55-40-25-12-10-23-37(40)45-41(55)29-30-44-46(45)38-24-11-13-26-43(38)56-44/h1-31H. The number of nitrogens with zero attached hydrogens (tertiary/aromatic N) is 5. The summed E-state index contributed by atoms with van der Waals surface area (Å²) in [5.41, 5.74) is 11.2. The Labute approximate surface area is 322 Å². The smallest absolute Gasteiger partial charge is 0.184 e. The summed E-state index contributed by atoms with van der Waals surface area (Å²) in [6, 6.07) is 64.4. The zero-order valence-electron chi connectivity index (χ0n) is 30.0. The van der Waals surface area contributed by atoms with Gasteiger partial charge in [0.05, 0.1) is 22.4 Å². The van der Waals surface area contributed by atoms with Crippen LogP contribution in [0.3, 0.4) is 0 Å². The molecule has 11 aromatic rings. The molecule has 56 heavy (non-hydrogen) atoms. The van der Waals surface area contributed by atoms with Gasteiger partial charge in [-0.3, -0.25) is 0 Å². The molecule has 0 aliphatic rings. The number of pyridine rings is 1. The molecule has 0 aliphatic carbocycles. The van der Waals surface area contributed by atoms with Gasteiger partial charge < -0.3 is 8.98 Å². The van der Waals surface area contributed by atoms with Crippen LogP contribution in [0.5, 0.6) is 0 Å². The van der Waals surface area contributed by atoms with Crippen molar-refractivity contribution in [2.45, 2.75) is 0 Å². The van der Waals surface area contributed by atoms with Crippen LogP contribution in [0, 0.1) is 0 Å². The zero-order valence-corrected chi connectivity index (χ0v) is 30.0. The first-order chi connectivity index (χ1) is 27.8. The lowest BCUT2D eigenvalue weighted by atomic mass is 10.0. The summed E-state index contributed by atoms with van der Waals surface area (Å²) in [5.74, 6) is 1.63. The molecule has 0 N–H and O–H groups in total. The quantitative estimate of drug-likeness (QED) is 0.171. The predicted molar refractivity (Wildman–Crippen MR) is 226 cm³/mol. The molecule has 0 atom stereocenters. The molecule has 6 heteroatoms.